The number of amides is 1. The molecular formula is C16H16F2N2O3. The Bertz CT molecular complexity index is 709. The highest BCUT2D eigenvalue weighted by Gasteiger charge is 2.21. The van der Waals surface area contributed by atoms with Crippen LogP contribution in [0.15, 0.2) is 36.5 Å². The summed E-state index contributed by atoms with van der Waals surface area (Å²) in [7, 11) is 1.46. The van der Waals surface area contributed by atoms with Crippen LogP contribution in [0.25, 0.3) is 0 Å². The number of nitrogens with zero attached hydrogens (tertiary/aromatic N) is 1. The van der Waals surface area contributed by atoms with Crippen LogP contribution >= 0.6 is 0 Å². The Labute approximate surface area is 131 Å². The van der Waals surface area contributed by atoms with E-state index in [2.05, 4.69) is 10.3 Å². The summed E-state index contributed by atoms with van der Waals surface area (Å²) in [6.07, 6.45) is 0.226. The molecule has 2 rings (SSSR count). The van der Waals surface area contributed by atoms with Crippen LogP contribution in [0.3, 0.4) is 0 Å². The highest BCUT2D eigenvalue weighted by atomic mass is 19.2. The first kappa shape index (κ1) is 16.8. The van der Waals surface area contributed by atoms with Gasteiger partial charge >= 0.3 is 0 Å². The third-order valence-corrected chi connectivity index (χ3v) is 3.32. The van der Waals surface area contributed by atoms with Gasteiger partial charge in [-0.3, -0.25) is 9.78 Å². The smallest absolute Gasteiger partial charge is 0.270 e. The largest absolute Gasteiger partial charge is 0.497 e. The lowest BCUT2D eigenvalue weighted by Gasteiger charge is -2.20. The van der Waals surface area contributed by atoms with Crippen molar-refractivity contribution in [3.8, 4) is 5.75 Å². The molecule has 1 aromatic heterocycles. The molecule has 23 heavy (non-hydrogen) atoms. The van der Waals surface area contributed by atoms with Gasteiger partial charge in [0, 0.05) is 12.3 Å². The Morgan fingerprint density at radius 3 is 2.65 bits per heavy atom. The Balaban J connectivity index is 2.09. The highest BCUT2D eigenvalue weighted by Crippen LogP contribution is 2.19. The zero-order valence-corrected chi connectivity index (χ0v) is 12.6. The van der Waals surface area contributed by atoms with E-state index in [1.54, 1.807) is 13.0 Å². The molecule has 7 heteroatoms. The minimum atomic E-state index is -1.19. The molecule has 0 spiro atoms. The summed E-state index contributed by atoms with van der Waals surface area (Å²) in [4.78, 5) is 16.0. The summed E-state index contributed by atoms with van der Waals surface area (Å²) in [5, 5.41) is 12.7. The number of ether oxygens (including phenoxy) is 1. The van der Waals surface area contributed by atoms with E-state index < -0.39 is 29.7 Å². The van der Waals surface area contributed by atoms with E-state index in [1.165, 1.54) is 25.4 Å². The van der Waals surface area contributed by atoms with Crippen molar-refractivity contribution in [2.45, 2.75) is 19.1 Å². The van der Waals surface area contributed by atoms with Crippen molar-refractivity contribution in [2.24, 2.45) is 0 Å². The molecule has 0 saturated carbocycles. The van der Waals surface area contributed by atoms with Gasteiger partial charge in [0.05, 0.1) is 19.3 Å². The van der Waals surface area contributed by atoms with Crippen LogP contribution in [0.5, 0.6) is 5.75 Å². The number of pyridine rings is 1. The van der Waals surface area contributed by atoms with Crippen LogP contribution in [-0.4, -0.2) is 29.1 Å². The summed E-state index contributed by atoms with van der Waals surface area (Å²) in [5.74, 6) is -2.11. The van der Waals surface area contributed by atoms with Gasteiger partial charge in [-0.25, -0.2) is 8.78 Å². The van der Waals surface area contributed by atoms with E-state index in [9.17, 15) is 18.7 Å². The van der Waals surface area contributed by atoms with Crippen LogP contribution in [0.4, 0.5) is 8.78 Å². The first-order valence-corrected chi connectivity index (χ1v) is 6.86. The van der Waals surface area contributed by atoms with E-state index in [-0.39, 0.29) is 11.3 Å². The standard InChI is InChI=1S/C16H16F2N2O3/c1-9(15(21)10-3-4-12(17)13(18)7-10)20-16(22)14-8-11(23-2)5-6-19-14/h3-9,15,21H,1-2H3,(H,20,22). The summed E-state index contributed by atoms with van der Waals surface area (Å²) in [6, 6.07) is 5.39. The third kappa shape index (κ3) is 4.01. The minimum absolute atomic E-state index is 0.119. The molecule has 2 aromatic rings. The van der Waals surface area contributed by atoms with E-state index >= 15 is 0 Å². The molecule has 1 aromatic carbocycles. The van der Waals surface area contributed by atoms with Crippen molar-refractivity contribution in [2.75, 3.05) is 7.11 Å². The van der Waals surface area contributed by atoms with Gasteiger partial charge in [-0.05, 0) is 30.7 Å². The monoisotopic (exact) mass is 322 g/mol. The molecule has 0 fully saturated rings. The number of aromatic nitrogens is 1. The lowest BCUT2D eigenvalue weighted by Crippen LogP contribution is -2.37. The predicted molar refractivity (Wildman–Crippen MR) is 79.0 cm³/mol. The fourth-order valence-electron chi connectivity index (χ4n) is 2.01. The molecule has 122 valence electrons. The zero-order valence-electron chi connectivity index (χ0n) is 12.6. The van der Waals surface area contributed by atoms with E-state index in [4.69, 9.17) is 4.74 Å². The average Bonchev–Trinajstić information content (AvgIpc) is 2.56. The minimum Gasteiger partial charge on any atom is -0.497 e. The second-order valence-electron chi connectivity index (χ2n) is 4.96. The van der Waals surface area contributed by atoms with Gasteiger partial charge in [0.1, 0.15) is 11.4 Å². The zero-order chi connectivity index (χ0) is 17.0. The fraction of sp³-hybridized carbons (Fsp3) is 0.250. The molecule has 0 aliphatic rings. The Morgan fingerprint density at radius 2 is 2.00 bits per heavy atom. The Hall–Kier alpha value is -2.54. The number of benzene rings is 1. The van der Waals surface area contributed by atoms with Crippen LogP contribution < -0.4 is 10.1 Å². The van der Waals surface area contributed by atoms with Crippen molar-refractivity contribution in [1.82, 2.24) is 10.3 Å². The summed E-state index contributed by atoms with van der Waals surface area (Å²) in [6.45, 7) is 1.55. The van der Waals surface area contributed by atoms with Crippen LogP contribution in [-0.2, 0) is 0 Å². The number of rotatable bonds is 5. The number of aliphatic hydroxyl groups is 1. The first-order valence-electron chi connectivity index (χ1n) is 6.86. The van der Waals surface area contributed by atoms with Crippen molar-refractivity contribution in [3.05, 3.63) is 59.4 Å². The van der Waals surface area contributed by atoms with Crippen LogP contribution in [0, 0.1) is 11.6 Å². The van der Waals surface area contributed by atoms with Gasteiger partial charge in [-0.2, -0.15) is 0 Å². The molecule has 0 aliphatic carbocycles. The average molecular weight is 322 g/mol. The molecule has 1 heterocycles. The molecule has 5 nitrogen and oxygen atoms in total. The Morgan fingerprint density at radius 1 is 1.26 bits per heavy atom. The van der Waals surface area contributed by atoms with Gasteiger partial charge in [0.15, 0.2) is 11.6 Å². The van der Waals surface area contributed by atoms with Crippen molar-refractivity contribution in [3.63, 3.8) is 0 Å². The second-order valence-corrected chi connectivity index (χ2v) is 4.96. The predicted octanol–water partition coefficient (Wildman–Crippen LogP) is 2.22. The van der Waals surface area contributed by atoms with Crippen molar-refractivity contribution in [1.29, 1.82) is 0 Å². The number of hydrogen-bond donors (Lipinski definition) is 2. The number of methoxy groups -OCH3 is 1. The molecular weight excluding hydrogens is 306 g/mol. The van der Waals surface area contributed by atoms with Gasteiger partial charge in [0.25, 0.3) is 5.91 Å². The van der Waals surface area contributed by atoms with E-state index in [0.717, 1.165) is 12.1 Å². The number of halogens is 2. The van der Waals surface area contributed by atoms with Crippen LogP contribution in [0.2, 0.25) is 0 Å². The van der Waals surface area contributed by atoms with Gasteiger partial charge in [0.2, 0.25) is 0 Å². The maximum absolute atomic E-state index is 13.2. The van der Waals surface area contributed by atoms with Gasteiger partial charge < -0.3 is 15.2 Å². The maximum Gasteiger partial charge on any atom is 0.270 e. The van der Waals surface area contributed by atoms with Gasteiger partial charge in [-0.1, -0.05) is 6.07 Å². The second kappa shape index (κ2) is 7.15. The fourth-order valence-corrected chi connectivity index (χ4v) is 2.01. The molecule has 0 saturated heterocycles. The maximum atomic E-state index is 13.2. The third-order valence-electron chi connectivity index (χ3n) is 3.32. The highest BCUT2D eigenvalue weighted by molar-refractivity contribution is 5.92. The topological polar surface area (TPSA) is 71.5 Å². The van der Waals surface area contributed by atoms with Crippen LogP contribution in [0.1, 0.15) is 29.1 Å². The van der Waals surface area contributed by atoms with Crippen molar-refractivity contribution >= 4 is 5.91 Å². The van der Waals surface area contributed by atoms with E-state index in [0.29, 0.717) is 5.75 Å². The summed E-state index contributed by atoms with van der Waals surface area (Å²) in [5.41, 5.74) is 0.281. The first-order chi connectivity index (χ1) is 10.9. The van der Waals surface area contributed by atoms with E-state index in [1.807, 2.05) is 0 Å². The Kier molecular flexibility index (Phi) is 5.23. The summed E-state index contributed by atoms with van der Waals surface area (Å²) < 4.78 is 31.1. The van der Waals surface area contributed by atoms with Gasteiger partial charge in [-0.15, -0.1) is 0 Å². The lowest BCUT2D eigenvalue weighted by atomic mass is 10.0. The molecule has 0 bridgehead atoms. The quantitative estimate of drug-likeness (QED) is 0.885. The number of carbonyl (C=O) groups is 1. The molecule has 1 amide bonds. The number of hydrogen-bond acceptors (Lipinski definition) is 4. The molecule has 2 unspecified atom stereocenters. The number of nitrogens with one attached hydrogen (secondary N) is 1. The number of carbonyl (C=O) groups excluding carboxylic acids is 1. The molecule has 2 atom stereocenters. The normalized spacial score (nSPS) is 13.3. The molecule has 0 aliphatic heterocycles. The van der Waals surface area contributed by atoms with Crippen molar-refractivity contribution < 1.29 is 23.4 Å². The summed E-state index contributed by atoms with van der Waals surface area (Å²) >= 11 is 0. The SMILES string of the molecule is COc1ccnc(C(=O)NC(C)C(O)c2ccc(F)c(F)c2)c1. The lowest BCUT2D eigenvalue weighted by molar-refractivity contribution is 0.0846. The molecule has 0 radical (unpaired) electrons. The number of aliphatic hydroxyl groups excluding tert-OH is 1. The molecule has 2 N–H and O–H groups in total.